The number of anilines is 1. The van der Waals surface area contributed by atoms with Crippen LogP contribution in [0.1, 0.15) is 24.6 Å². The summed E-state index contributed by atoms with van der Waals surface area (Å²) in [4.78, 5) is 27.2. The molecule has 1 aliphatic heterocycles. The van der Waals surface area contributed by atoms with Gasteiger partial charge in [0.2, 0.25) is 5.91 Å². The fourth-order valence-corrected chi connectivity index (χ4v) is 3.65. The Hall–Kier alpha value is -1.69. The Labute approximate surface area is 128 Å². The van der Waals surface area contributed by atoms with Crippen LogP contribution in [0.3, 0.4) is 0 Å². The van der Waals surface area contributed by atoms with Crippen molar-refractivity contribution in [2.45, 2.75) is 26.2 Å². The Balaban J connectivity index is 1.81. The number of rotatable bonds is 4. The van der Waals surface area contributed by atoms with Crippen LogP contribution in [0.5, 0.6) is 0 Å². The van der Waals surface area contributed by atoms with Crippen LogP contribution >= 0.6 is 11.3 Å². The maximum atomic E-state index is 12.3. The van der Waals surface area contributed by atoms with E-state index in [0.29, 0.717) is 6.54 Å². The third-order valence-corrected chi connectivity index (χ3v) is 5.09. The van der Waals surface area contributed by atoms with Gasteiger partial charge in [0.05, 0.1) is 11.9 Å². The average molecular weight is 304 g/mol. The number of thiophene rings is 1. The number of fused-ring (bicyclic) bond motifs is 1. The molecule has 3 rings (SSSR count). The van der Waals surface area contributed by atoms with E-state index in [1.807, 2.05) is 16.8 Å². The molecule has 1 amide bonds. The van der Waals surface area contributed by atoms with Crippen LogP contribution in [0.4, 0.5) is 5.82 Å². The lowest BCUT2D eigenvalue weighted by molar-refractivity contribution is -0.128. The SMILES string of the molecule is CCc1cc2c(N(C)CC(=O)N3CCCC3)ncnc2s1. The highest BCUT2D eigenvalue weighted by atomic mass is 32.1. The number of hydrogen-bond acceptors (Lipinski definition) is 5. The quantitative estimate of drug-likeness (QED) is 0.870. The molecule has 1 aliphatic rings. The summed E-state index contributed by atoms with van der Waals surface area (Å²) in [5.41, 5.74) is 0. The molecule has 0 saturated carbocycles. The second-order valence-electron chi connectivity index (χ2n) is 5.43. The maximum absolute atomic E-state index is 12.3. The first-order chi connectivity index (χ1) is 10.2. The van der Waals surface area contributed by atoms with Gasteiger partial charge in [0, 0.05) is 25.0 Å². The maximum Gasteiger partial charge on any atom is 0.242 e. The molecule has 0 aliphatic carbocycles. The van der Waals surface area contributed by atoms with Crippen molar-refractivity contribution in [1.29, 1.82) is 0 Å². The lowest BCUT2D eigenvalue weighted by Gasteiger charge is -2.22. The van der Waals surface area contributed by atoms with Gasteiger partial charge in [-0.2, -0.15) is 0 Å². The van der Waals surface area contributed by atoms with Gasteiger partial charge in [-0.15, -0.1) is 11.3 Å². The van der Waals surface area contributed by atoms with E-state index >= 15 is 0 Å². The lowest BCUT2D eigenvalue weighted by Crippen LogP contribution is -2.37. The zero-order valence-electron chi connectivity index (χ0n) is 12.5. The Morgan fingerprint density at radius 2 is 2.14 bits per heavy atom. The van der Waals surface area contributed by atoms with Gasteiger partial charge in [0.25, 0.3) is 0 Å². The van der Waals surface area contributed by atoms with E-state index in [0.717, 1.165) is 48.4 Å². The van der Waals surface area contributed by atoms with Crippen LogP contribution in [0, 0.1) is 0 Å². The fraction of sp³-hybridized carbons (Fsp3) is 0.533. The molecule has 0 N–H and O–H groups in total. The van der Waals surface area contributed by atoms with Gasteiger partial charge >= 0.3 is 0 Å². The van der Waals surface area contributed by atoms with Gasteiger partial charge in [-0.3, -0.25) is 4.79 Å². The predicted molar refractivity (Wildman–Crippen MR) is 85.9 cm³/mol. The molecule has 0 bridgehead atoms. The van der Waals surface area contributed by atoms with Crippen molar-refractivity contribution in [2.24, 2.45) is 0 Å². The summed E-state index contributed by atoms with van der Waals surface area (Å²) in [6.07, 6.45) is 4.83. The van der Waals surface area contributed by atoms with Crippen LogP contribution < -0.4 is 4.90 Å². The molecule has 0 unspecified atom stereocenters. The summed E-state index contributed by atoms with van der Waals surface area (Å²) in [6.45, 7) is 4.30. The fourth-order valence-electron chi connectivity index (χ4n) is 2.72. The number of carbonyl (C=O) groups excluding carboxylic acids is 1. The summed E-state index contributed by atoms with van der Waals surface area (Å²) < 4.78 is 0. The summed E-state index contributed by atoms with van der Waals surface area (Å²) in [5.74, 6) is 1.04. The number of likely N-dealkylation sites (N-methyl/N-ethyl adjacent to an activating group) is 1. The van der Waals surface area contributed by atoms with Crippen LogP contribution in [0.25, 0.3) is 10.2 Å². The Kier molecular flexibility index (Phi) is 4.05. The normalized spacial score (nSPS) is 14.9. The zero-order chi connectivity index (χ0) is 14.8. The third-order valence-electron chi connectivity index (χ3n) is 3.90. The second-order valence-corrected chi connectivity index (χ2v) is 6.54. The molecule has 0 radical (unpaired) electrons. The number of carbonyl (C=O) groups is 1. The molecule has 3 heterocycles. The topological polar surface area (TPSA) is 49.3 Å². The van der Waals surface area contributed by atoms with E-state index < -0.39 is 0 Å². The Bertz CT molecular complexity index is 648. The standard InChI is InChI=1S/C15H20N4OS/c1-3-11-8-12-14(16-10-17-15(12)21-11)18(2)9-13(20)19-6-4-5-7-19/h8,10H,3-7,9H2,1-2H3. The largest absolute Gasteiger partial charge is 0.350 e. The van der Waals surface area contributed by atoms with Gasteiger partial charge < -0.3 is 9.80 Å². The first-order valence-corrected chi connectivity index (χ1v) is 8.23. The van der Waals surface area contributed by atoms with Crippen molar-refractivity contribution in [3.8, 4) is 0 Å². The number of aromatic nitrogens is 2. The van der Waals surface area contributed by atoms with Crippen LogP contribution in [0.15, 0.2) is 12.4 Å². The van der Waals surface area contributed by atoms with Crippen LogP contribution in [-0.4, -0.2) is 47.5 Å². The molecule has 0 aromatic carbocycles. The van der Waals surface area contributed by atoms with Crippen molar-refractivity contribution in [1.82, 2.24) is 14.9 Å². The summed E-state index contributed by atoms with van der Waals surface area (Å²) >= 11 is 1.70. The molecule has 112 valence electrons. The highest BCUT2D eigenvalue weighted by Gasteiger charge is 2.20. The number of amides is 1. The van der Waals surface area contributed by atoms with Crippen molar-refractivity contribution < 1.29 is 4.79 Å². The zero-order valence-corrected chi connectivity index (χ0v) is 13.3. The molecule has 21 heavy (non-hydrogen) atoms. The van der Waals surface area contributed by atoms with Gasteiger partial charge in [0.1, 0.15) is 17.0 Å². The summed E-state index contributed by atoms with van der Waals surface area (Å²) in [5, 5.41) is 1.05. The van der Waals surface area contributed by atoms with Gasteiger partial charge in [-0.05, 0) is 25.3 Å². The highest BCUT2D eigenvalue weighted by Crippen LogP contribution is 2.30. The second kappa shape index (κ2) is 5.97. The van der Waals surface area contributed by atoms with Gasteiger partial charge in [-0.1, -0.05) is 6.92 Å². The van der Waals surface area contributed by atoms with E-state index in [1.165, 1.54) is 4.88 Å². The van der Waals surface area contributed by atoms with E-state index in [4.69, 9.17) is 0 Å². The Morgan fingerprint density at radius 1 is 1.38 bits per heavy atom. The minimum Gasteiger partial charge on any atom is -0.350 e. The average Bonchev–Trinajstić information content (AvgIpc) is 3.15. The summed E-state index contributed by atoms with van der Waals surface area (Å²) in [7, 11) is 1.93. The molecule has 6 heteroatoms. The van der Waals surface area contributed by atoms with Crippen molar-refractivity contribution in [3.05, 3.63) is 17.3 Å². The predicted octanol–water partition coefficient (Wildman–Crippen LogP) is 2.31. The summed E-state index contributed by atoms with van der Waals surface area (Å²) in [6, 6.07) is 2.15. The molecular weight excluding hydrogens is 284 g/mol. The number of aryl methyl sites for hydroxylation is 1. The first-order valence-electron chi connectivity index (χ1n) is 7.41. The van der Waals surface area contributed by atoms with E-state index in [-0.39, 0.29) is 5.91 Å². The molecular formula is C15H20N4OS. The van der Waals surface area contributed by atoms with E-state index in [9.17, 15) is 4.79 Å². The molecule has 5 nitrogen and oxygen atoms in total. The number of likely N-dealkylation sites (tertiary alicyclic amines) is 1. The lowest BCUT2D eigenvalue weighted by atomic mass is 10.3. The Morgan fingerprint density at radius 3 is 2.86 bits per heavy atom. The molecule has 0 atom stereocenters. The number of hydrogen-bond donors (Lipinski definition) is 0. The van der Waals surface area contributed by atoms with E-state index in [2.05, 4.69) is 23.0 Å². The van der Waals surface area contributed by atoms with Crippen molar-refractivity contribution in [2.75, 3.05) is 31.6 Å². The first kappa shape index (κ1) is 14.3. The molecule has 1 fully saturated rings. The van der Waals surface area contributed by atoms with Gasteiger partial charge in [0.15, 0.2) is 0 Å². The van der Waals surface area contributed by atoms with E-state index in [1.54, 1.807) is 17.7 Å². The van der Waals surface area contributed by atoms with Crippen LogP contribution in [0.2, 0.25) is 0 Å². The van der Waals surface area contributed by atoms with Crippen LogP contribution in [-0.2, 0) is 11.2 Å². The molecule has 1 saturated heterocycles. The van der Waals surface area contributed by atoms with Gasteiger partial charge in [-0.25, -0.2) is 9.97 Å². The van der Waals surface area contributed by atoms with Crippen molar-refractivity contribution >= 4 is 33.3 Å². The highest BCUT2D eigenvalue weighted by molar-refractivity contribution is 7.18. The minimum atomic E-state index is 0.188. The monoisotopic (exact) mass is 304 g/mol. The third kappa shape index (κ3) is 2.85. The molecule has 2 aromatic rings. The molecule has 0 spiro atoms. The number of nitrogens with zero attached hydrogens (tertiary/aromatic N) is 4. The molecule has 2 aromatic heterocycles. The minimum absolute atomic E-state index is 0.188. The smallest absolute Gasteiger partial charge is 0.242 e. The van der Waals surface area contributed by atoms with Crippen molar-refractivity contribution in [3.63, 3.8) is 0 Å².